The summed E-state index contributed by atoms with van der Waals surface area (Å²) in [6, 6.07) is 1.49. The number of alkyl halides is 3. The van der Waals surface area contributed by atoms with Gasteiger partial charge in [0, 0.05) is 19.2 Å². The molecular weight excluding hydrogens is 440 g/mol. The van der Waals surface area contributed by atoms with Crippen LogP contribution >= 0.6 is 22.6 Å². The minimum atomic E-state index is -5.60. The van der Waals surface area contributed by atoms with Crippen molar-refractivity contribution >= 4 is 38.5 Å². The molecule has 6 nitrogen and oxygen atoms in total. The van der Waals surface area contributed by atoms with E-state index >= 15 is 0 Å². The maximum Gasteiger partial charge on any atom is 0.523 e. The van der Waals surface area contributed by atoms with E-state index in [0.717, 1.165) is 3.57 Å². The second-order valence-corrected chi connectivity index (χ2v) is 7.64. The predicted octanol–water partition coefficient (Wildman–Crippen LogP) is 1.89. The van der Waals surface area contributed by atoms with Gasteiger partial charge in [-0.05, 0) is 28.7 Å². The van der Waals surface area contributed by atoms with E-state index in [0.29, 0.717) is 11.6 Å². The highest BCUT2D eigenvalue weighted by Crippen LogP contribution is 2.40. The van der Waals surface area contributed by atoms with Crippen LogP contribution in [0.4, 0.5) is 19.0 Å². The summed E-state index contributed by atoms with van der Waals surface area (Å²) in [7, 11) is -5.60. The summed E-state index contributed by atoms with van der Waals surface area (Å²) >= 11 is 2.07. The van der Waals surface area contributed by atoms with Gasteiger partial charge in [0.05, 0.1) is 15.7 Å². The average Bonchev–Trinajstić information content (AvgIpc) is 2.79. The van der Waals surface area contributed by atoms with E-state index in [9.17, 15) is 21.6 Å². The standard InChI is InChI=1S/C11H10F3IN2O4S/c12-11(13,14)22(18,19)21-7-3-6-5-20-9-8(15)1-2-16-10(9)17(6)4-7/h1-2,6-7H,3-5H2. The van der Waals surface area contributed by atoms with Crippen LogP contribution in [0, 0.1) is 3.57 Å². The van der Waals surface area contributed by atoms with Gasteiger partial charge in [-0.3, -0.25) is 4.18 Å². The SMILES string of the molecule is O=S(=O)(OC1CC2COc3c(I)ccnc3N2C1)C(F)(F)F. The molecule has 0 amide bonds. The number of hydrogen-bond acceptors (Lipinski definition) is 6. The van der Waals surface area contributed by atoms with Gasteiger partial charge in [-0.2, -0.15) is 21.6 Å². The Bertz CT molecular complexity index is 697. The molecule has 0 N–H and O–H groups in total. The Kier molecular flexibility index (Phi) is 3.92. The van der Waals surface area contributed by atoms with Crippen molar-refractivity contribution in [2.45, 2.75) is 24.1 Å². The fourth-order valence-electron chi connectivity index (χ4n) is 2.53. The molecule has 1 aromatic heterocycles. The number of halogens is 4. The molecule has 0 aromatic carbocycles. The van der Waals surface area contributed by atoms with E-state index in [2.05, 4.69) is 31.8 Å². The number of rotatable bonds is 2. The van der Waals surface area contributed by atoms with Gasteiger partial charge in [-0.25, -0.2) is 4.98 Å². The zero-order chi connectivity index (χ0) is 16.1. The molecule has 22 heavy (non-hydrogen) atoms. The van der Waals surface area contributed by atoms with Crippen molar-refractivity contribution in [3.05, 3.63) is 15.8 Å². The minimum Gasteiger partial charge on any atom is -0.486 e. The molecule has 2 atom stereocenters. The number of aromatic nitrogens is 1. The summed E-state index contributed by atoms with van der Waals surface area (Å²) in [6.07, 6.45) is 0.611. The lowest BCUT2D eigenvalue weighted by atomic mass is 10.2. The van der Waals surface area contributed by atoms with Gasteiger partial charge in [0.25, 0.3) is 0 Å². The van der Waals surface area contributed by atoms with E-state index in [4.69, 9.17) is 4.74 Å². The van der Waals surface area contributed by atoms with Crippen LogP contribution in [-0.2, 0) is 14.3 Å². The van der Waals surface area contributed by atoms with E-state index < -0.39 is 21.7 Å². The van der Waals surface area contributed by atoms with Crippen molar-refractivity contribution in [3.8, 4) is 5.75 Å². The van der Waals surface area contributed by atoms with Gasteiger partial charge < -0.3 is 9.64 Å². The first-order valence-corrected chi connectivity index (χ1v) is 8.71. The maximum absolute atomic E-state index is 12.4. The second kappa shape index (κ2) is 5.37. The Morgan fingerprint density at radius 1 is 1.45 bits per heavy atom. The van der Waals surface area contributed by atoms with Crippen LogP contribution in [0.2, 0.25) is 0 Å². The molecule has 0 saturated carbocycles. The topological polar surface area (TPSA) is 68.7 Å². The third kappa shape index (κ3) is 2.73. The number of anilines is 1. The third-order valence-electron chi connectivity index (χ3n) is 3.45. The van der Waals surface area contributed by atoms with E-state index in [1.807, 2.05) is 0 Å². The smallest absolute Gasteiger partial charge is 0.486 e. The number of fused-ring (bicyclic) bond motifs is 3. The minimum absolute atomic E-state index is 0.0173. The number of pyridine rings is 1. The van der Waals surface area contributed by atoms with Crippen LogP contribution in [0.25, 0.3) is 0 Å². The van der Waals surface area contributed by atoms with Gasteiger partial charge in [0.2, 0.25) is 0 Å². The van der Waals surface area contributed by atoms with Crippen LogP contribution in [0.15, 0.2) is 12.3 Å². The van der Waals surface area contributed by atoms with E-state index in [1.54, 1.807) is 17.2 Å². The summed E-state index contributed by atoms with van der Waals surface area (Å²) in [6.45, 7) is 0.268. The zero-order valence-corrected chi connectivity index (χ0v) is 13.9. The first-order chi connectivity index (χ1) is 10.2. The second-order valence-electron chi connectivity index (χ2n) is 4.92. The van der Waals surface area contributed by atoms with Gasteiger partial charge in [0.15, 0.2) is 11.6 Å². The summed E-state index contributed by atoms with van der Waals surface area (Å²) in [4.78, 5) is 5.91. The van der Waals surface area contributed by atoms with Crippen molar-refractivity contribution < 1.29 is 30.5 Å². The van der Waals surface area contributed by atoms with Crippen LogP contribution in [0.1, 0.15) is 6.42 Å². The number of nitrogens with zero attached hydrogens (tertiary/aromatic N) is 2. The molecule has 0 radical (unpaired) electrons. The Morgan fingerprint density at radius 2 is 2.18 bits per heavy atom. The highest BCUT2D eigenvalue weighted by molar-refractivity contribution is 14.1. The highest BCUT2D eigenvalue weighted by Gasteiger charge is 2.50. The predicted molar refractivity (Wildman–Crippen MR) is 78.0 cm³/mol. The molecule has 2 aliphatic rings. The Balaban J connectivity index is 1.81. The first-order valence-electron chi connectivity index (χ1n) is 6.22. The van der Waals surface area contributed by atoms with Crippen molar-refractivity contribution in [2.24, 2.45) is 0 Å². The molecule has 2 unspecified atom stereocenters. The van der Waals surface area contributed by atoms with Crippen molar-refractivity contribution in [1.82, 2.24) is 4.98 Å². The third-order valence-corrected chi connectivity index (χ3v) is 5.39. The number of hydrogen-bond donors (Lipinski definition) is 0. The average molecular weight is 450 g/mol. The molecule has 1 saturated heterocycles. The molecular formula is C11H10F3IN2O4S. The van der Waals surface area contributed by atoms with Gasteiger partial charge in [0.1, 0.15) is 6.61 Å². The molecule has 0 spiro atoms. The molecule has 3 heterocycles. The summed E-state index contributed by atoms with van der Waals surface area (Å²) < 4.78 is 70.1. The highest BCUT2D eigenvalue weighted by atomic mass is 127. The zero-order valence-electron chi connectivity index (χ0n) is 10.9. The fourth-order valence-corrected chi connectivity index (χ4v) is 3.69. The van der Waals surface area contributed by atoms with Gasteiger partial charge in [-0.1, -0.05) is 0 Å². The molecule has 0 aliphatic carbocycles. The molecule has 11 heteroatoms. The van der Waals surface area contributed by atoms with Crippen LogP contribution in [-0.4, -0.2) is 44.2 Å². The largest absolute Gasteiger partial charge is 0.523 e. The summed E-state index contributed by atoms with van der Waals surface area (Å²) in [5, 5.41) is 0. The first kappa shape index (κ1) is 16.1. The van der Waals surface area contributed by atoms with E-state index in [1.165, 1.54) is 0 Å². The number of ether oxygens (including phenoxy) is 1. The quantitative estimate of drug-likeness (QED) is 0.390. The van der Waals surface area contributed by atoms with E-state index in [-0.39, 0.29) is 25.6 Å². The maximum atomic E-state index is 12.4. The van der Waals surface area contributed by atoms with Crippen LogP contribution < -0.4 is 9.64 Å². The molecule has 0 bridgehead atoms. The Morgan fingerprint density at radius 3 is 2.86 bits per heavy atom. The monoisotopic (exact) mass is 450 g/mol. The molecule has 2 aliphatic heterocycles. The summed E-state index contributed by atoms with van der Waals surface area (Å²) in [5.74, 6) is 1.05. The van der Waals surface area contributed by atoms with Crippen LogP contribution in [0.3, 0.4) is 0 Å². The van der Waals surface area contributed by atoms with Crippen molar-refractivity contribution in [1.29, 1.82) is 0 Å². The normalized spacial score (nSPS) is 24.6. The van der Waals surface area contributed by atoms with Gasteiger partial charge >= 0.3 is 15.6 Å². The lowest BCUT2D eigenvalue weighted by molar-refractivity contribution is -0.0567. The van der Waals surface area contributed by atoms with Crippen molar-refractivity contribution in [2.75, 3.05) is 18.1 Å². The fraction of sp³-hybridized carbons (Fsp3) is 0.545. The van der Waals surface area contributed by atoms with Gasteiger partial charge in [-0.15, -0.1) is 0 Å². The van der Waals surface area contributed by atoms with Crippen molar-refractivity contribution in [3.63, 3.8) is 0 Å². The molecule has 1 fully saturated rings. The molecule has 3 rings (SSSR count). The summed E-state index contributed by atoms with van der Waals surface area (Å²) in [5.41, 5.74) is -5.42. The lowest BCUT2D eigenvalue weighted by Gasteiger charge is -2.32. The Labute approximate surface area is 137 Å². The lowest BCUT2D eigenvalue weighted by Crippen LogP contribution is -2.39. The molecule has 122 valence electrons. The Hall–Kier alpha value is -0.820. The van der Waals surface area contributed by atoms with Crippen LogP contribution in [0.5, 0.6) is 5.75 Å². The molecule has 1 aromatic rings.